The molecule has 0 aliphatic carbocycles. The maximum absolute atomic E-state index is 5.86. The van der Waals surface area contributed by atoms with Crippen molar-refractivity contribution in [3.63, 3.8) is 0 Å². The Balaban J connectivity index is 1.73. The Morgan fingerprint density at radius 1 is 1.00 bits per heavy atom. The lowest BCUT2D eigenvalue weighted by molar-refractivity contribution is 0.246. The summed E-state index contributed by atoms with van der Waals surface area (Å²) in [4.78, 5) is 0. The molecule has 0 unspecified atom stereocenters. The lowest BCUT2D eigenvalue weighted by Gasteiger charge is -2.11. The van der Waals surface area contributed by atoms with Gasteiger partial charge in [0.1, 0.15) is 11.5 Å². The molecule has 0 saturated heterocycles. The van der Waals surface area contributed by atoms with Gasteiger partial charge in [0, 0.05) is 12.5 Å². The van der Waals surface area contributed by atoms with Crippen molar-refractivity contribution in [2.75, 3.05) is 18.9 Å². The highest BCUT2D eigenvalue weighted by atomic mass is 35.5. The monoisotopic (exact) mass is 305 g/mol. The van der Waals surface area contributed by atoms with Crippen molar-refractivity contribution in [3.05, 3.63) is 52.5 Å². The van der Waals surface area contributed by atoms with Gasteiger partial charge in [0.05, 0.1) is 23.9 Å². The summed E-state index contributed by atoms with van der Waals surface area (Å²) < 4.78 is 11.4. The van der Waals surface area contributed by atoms with Crippen molar-refractivity contribution >= 4 is 17.3 Å². The largest absolute Gasteiger partial charge is 0.493 e. The molecule has 0 heterocycles. The van der Waals surface area contributed by atoms with E-state index in [-0.39, 0.29) is 0 Å². The third-order valence-corrected chi connectivity index (χ3v) is 3.46. The summed E-state index contributed by atoms with van der Waals surface area (Å²) in [5.41, 5.74) is 8.64. The number of nitrogen functional groups attached to an aromatic ring is 1. The molecule has 0 radical (unpaired) electrons. The van der Waals surface area contributed by atoms with Crippen LogP contribution in [-0.2, 0) is 0 Å². The Morgan fingerprint density at radius 3 is 2.48 bits per heavy atom. The molecule has 0 aromatic heterocycles. The van der Waals surface area contributed by atoms with E-state index in [1.54, 1.807) is 12.1 Å². The summed E-state index contributed by atoms with van der Waals surface area (Å²) in [7, 11) is 0. The molecule has 0 bridgehead atoms. The first-order chi connectivity index (χ1) is 10.1. The van der Waals surface area contributed by atoms with Gasteiger partial charge in [-0.3, -0.25) is 0 Å². The van der Waals surface area contributed by atoms with Gasteiger partial charge >= 0.3 is 0 Å². The first kappa shape index (κ1) is 15.5. The molecule has 112 valence electrons. The molecule has 0 aliphatic heterocycles. The molecular formula is C17H20ClNO2. The average molecular weight is 306 g/mol. The van der Waals surface area contributed by atoms with Crippen LogP contribution in [0.25, 0.3) is 0 Å². The Hall–Kier alpha value is -1.87. The lowest BCUT2D eigenvalue weighted by atomic mass is 10.1. The minimum atomic E-state index is 0.528. The second-order valence-electron chi connectivity index (χ2n) is 5.00. The van der Waals surface area contributed by atoms with Crippen molar-refractivity contribution in [2.45, 2.75) is 20.3 Å². The van der Waals surface area contributed by atoms with Gasteiger partial charge in [-0.1, -0.05) is 29.3 Å². The number of anilines is 1. The number of ether oxygens (including phenoxy) is 2. The van der Waals surface area contributed by atoms with Crippen molar-refractivity contribution < 1.29 is 9.47 Å². The van der Waals surface area contributed by atoms with Crippen molar-refractivity contribution in [1.29, 1.82) is 0 Å². The first-order valence-electron chi connectivity index (χ1n) is 6.94. The van der Waals surface area contributed by atoms with Crippen LogP contribution in [0.15, 0.2) is 36.4 Å². The number of hydrogen-bond acceptors (Lipinski definition) is 3. The molecule has 2 N–H and O–H groups in total. The molecule has 3 nitrogen and oxygen atoms in total. The predicted molar refractivity (Wildman–Crippen MR) is 87.4 cm³/mol. The minimum absolute atomic E-state index is 0.528. The van der Waals surface area contributed by atoms with Gasteiger partial charge in [0.2, 0.25) is 0 Å². The van der Waals surface area contributed by atoms with Gasteiger partial charge in [-0.2, -0.15) is 0 Å². The van der Waals surface area contributed by atoms with E-state index in [4.69, 9.17) is 26.8 Å². The fraction of sp³-hybridized carbons (Fsp3) is 0.294. The fourth-order valence-corrected chi connectivity index (χ4v) is 2.12. The Bertz CT molecular complexity index is 614. The van der Waals surface area contributed by atoms with Crippen LogP contribution in [0.3, 0.4) is 0 Å². The number of benzene rings is 2. The second-order valence-corrected chi connectivity index (χ2v) is 5.41. The van der Waals surface area contributed by atoms with E-state index < -0.39 is 0 Å². The second kappa shape index (κ2) is 7.23. The van der Waals surface area contributed by atoms with Crippen LogP contribution < -0.4 is 15.2 Å². The highest BCUT2D eigenvalue weighted by Gasteiger charge is 2.01. The quantitative estimate of drug-likeness (QED) is 0.636. The van der Waals surface area contributed by atoms with Gasteiger partial charge < -0.3 is 15.2 Å². The smallest absolute Gasteiger partial charge is 0.122 e. The Labute approximate surface area is 130 Å². The molecule has 0 fully saturated rings. The zero-order valence-corrected chi connectivity index (χ0v) is 13.1. The standard InChI is InChI=1S/C17H20ClNO2/c1-12-4-7-17(13(2)10-12)21-9-3-8-20-14-5-6-15(18)16(19)11-14/h4-7,10-11H,3,8-9,19H2,1-2H3. The maximum atomic E-state index is 5.86. The summed E-state index contributed by atoms with van der Waals surface area (Å²) in [6.07, 6.45) is 0.801. The number of aryl methyl sites for hydroxylation is 2. The van der Waals surface area contributed by atoms with Gasteiger partial charge in [0.25, 0.3) is 0 Å². The Kier molecular flexibility index (Phi) is 5.34. The average Bonchev–Trinajstić information content (AvgIpc) is 2.44. The van der Waals surface area contributed by atoms with E-state index in [2.05, 4.69) is 26.0 Å². The fourth-order valence-electron chi connectivity index (χ4n) is 2.00. The van der Waals surface area contributed by atoms with Gasteiger partial charge in [-0.15, -0.1) is 0 Å². The number of nitrogens with two attached hydrogens (primary N) is 1. The molecule has 0 saturated carbocycles. The van der Waals surface area contributed by atoms with Crippen LogP contribution in [-0.4, -0.2) is 13.2 Å². The van der Waals surface area contributed by atoms with Gasteiger partial charge in [-0.05, 0) is 37.6 Å². The van der Waals surface area contributed by atoms with E-state index in [0.717, 1.165) is 23.5 Å². The molecule has 0 atom stereocenters. The van der Waals surface area contributed by atoms with E-state index in [1.165, 1.54) is 5.56 Å². The molecule has 0 aliphatic rings. The van der Waals surface area contributed by atoms with Crippen LogP contribution in [0.1, 0.15) is 17.5 Å². The topological polar surface area (TPSA) is 44.5 Å². The molecule has 0 amide bonds. The van der Waals surface area contributed by atoms with Crippen LogP contribution in [0.4, 0.5) is 5.69 Å². The van der Waals surface area contributed by atoms with Crippen LogP contribution in [0.5, 0.6) is 11.5 Å². The van der Waals surface area contributed by atoms with E-state index >= 15 is 0 Å². The zero-order chi connectivity index (χ0) is 15.2. The zero-order valence-electron chi connectivity index (χ0n) is 12.4. The summed E-state index contributed by atoms with van der Waals surface area (Å²) in [5.74, 6) is 1.65. The third kappa shape index (κ3) is 4.57. The van der Waals surface area contributed by atoms with Crippen LogP contribution in [0, 0.1) is 13.8 Å². The molecule has 2 aromatic rings. The highest BCUT2D eigenvalue weighted by Crippen LogP contribution is 2.24. The normalized spacial score (nSPS) is 10.4. The molecule has 4 heteroatoms. The van der Waals surface area contributed by atoms with E-state index in [0.29, 0.717) is 23.9 Å². The highest BCUT2D eigenvalue weighted by molar-refractivity contribution is 6.33. The summed E-state index contributed by atoms with van der Waals surface area (Å²) in [6, 6.07) is 11.4. The van der Waals surface area contributed by atoms with Crippen molar-refractivity contribution in [3.8, 4) is 11.5 Å². The summed E-state index contributed by atoms with van der Waals surface area (Å²) in [6.45, 7) is 5.32. The maximum Gasteiger partial charge on any atom is 0.122 e. The van der Waals surface area contributed by atoms with Crippen molar-refractivity contribution in [1.82, 2.24) is 0 Å². The first-order valence-corrected chi connectivity index (χ1v) is 7.32. The van der Waals surface area contributed by atoms with E-state index in [1.807, 2.05) is 12.1 Å². The predicted octanol–water partition coefficient (Wildman–Crippen LogP) is 4.39. The van der Waals surface area contributed by atoms with Crippen LogP contribution in [0.2, 0.25) is 5.02 Å². The third-order valence-electron chi connectivity index (χ3n) is 3.11. The number of rotatable bonds is 6. The summed E-state index contributed by atoms with van der Waals surface area (Å²) >= 11 is 5.86. The molecule has 21 heavy (non-hydrogen) atoms. The SMILES string of the molecule is Cc1ccc(OCCCOc2ccc(Cl)c(N)c2)c(C)c1. The number of halogens is 1. The van der Waals surface area contributed by atoms with Crippen LogP contribution >= 0.6 is 11.6 Å². The minimum Gasteiger partial charge on any atom is -0.493 e. The summed E-state index contributed by atoms with van der Waals surface area (Å²) in [5, 5.41) is 0.542. The lowest BCUT2D eigenvalue weighted by Crippen LogP contribution is -2.06. The van der Waals surface area contributed by atoms with Crippen molar-refractivity contribution in [2.24, 2.45) is 0 Å². The Morgan fingerprint density at radius 2 is 1.76 bits per heavy atom. The molecule has 0 spiro atoms. The van der Waals surface area contributed by atoms with Gasteiger partial charge in [0.15, 0.2) is 0 Å². The molecule has 2 rings (SSSR count). The van der Waals surface area contributed by atoms with E-state index in [9.17, 15) is 0 Å². The molecular weight excluding hydrogens is 286 g/mol. The number of hydrogen-bond donors (Lipinski definition) is 1. The van der Waals surface area contributed by atoms with Gasteiger partial charge in [-0.25, -0.2) is 0 Å². The molecule has 2 aromatic carbocycles.